The summed E-state index contributed by atoms with van der Waals surface area (Å²) in [5.74, 6) is 0.885. The fraction of sp³-hybridized carbons (Fsp3) is 0.556. The number of tetrazole rings is 1. The lowest BCUT2D eigenvalue weighted by Gasteiger charge is -2.31. The third kappa shape index (κ3) is 3.86. The van der Waals surface area contributed by atoms with Crippen molar-refractivity contribution in [3.05, 3.63) is 29.3 Å². The van der Waals surface area contributed by atoms with Crippen molar-refractivity contribution in [2.45, 2.75) is 50.9 Å². The quantitative estimate of drug-likeness (QED) is 0.785. The molecule has 2 aromatic rings. The van der Waals surface area contributed by atoms with E-state index in [9.17, 15) is 4.79 Å². The number of aryl methyl sites for hydroxylation is 1. The SMILES string of the molecule is Cc1cccc(-n2nnnc2SC(C)C(=O)N2CCC(C)CC2)c1C. The first-order chi connectivity index (χ1) is 12.0. The van der Waals surface area contributed by atoms with E-state index in [4.69, 9.17) is 0 Å². The number of nitrogens with zero attached hydrogens (tertiary/aromatic N) is 5. The Hall–Kier alpha value is -1.89. The minimum absolute atomic E-state index is 0.174. The Labute approximate surface area is 153 Å². The van der Waals surface area contributed by atoms with E-state index in [0.29, 0.717) is 11.1 Å². The van der Waals surface area contributed by atoms with Crippen LogP contribution in [-0.2, 0) is 4.79 Å². The molecule has 0 saturated carbocycles. The van der Waals surface area contributed by atoms with E-state index in [1.165, 1.54) is 17.3 Å². The van der Waals surface area contributed by atoms with Gasteiger partial charge in [0.05, 0.1) is 10.9 Å². The molecule has 6 nitrogen and oxygen atoms in total. The van der Waals surface area contributed by atoms with Crippen molar-refractivity contribution in [2.24, 2.45) is 5.92 Å². The zero-order valence-electron chi connectivity index (χ0n) is 15.3. The number of aromatic nitrogens is 4. The Morgan fingerprint density at radius 3 is 2.72 bits per heavy atom. The average molecular weight is 359 g/mol. The smallest absolute Gasteiger partial charge is 0.235 e. The van der Waals surface area contributed by atoms with E-state index >= 15 is 0 Å². The molecular weight excluding hydrogens is 334 g/mol. The second-order valence-corrected chi connectivity index (χ2v) is 8.17. The van der Waals surface area contributed by atoms with Gasteiger partial charge in [0.25, 0.3) is 0 Å². The molecule has 1 amide bonds. The standard InChI is InChI=1S/C18H25N5OS/c1-12-8-10-22(11-9-12)17(24)15(4)25-18-19-20-21-23(18)16-7-5-6-13(2)14(16)3/h5-7,12,15H,8-11H2,1-4H3. The lowest BCUT2D eigenvalue weighted by molar-refractivity contribution is -0.131. The zero-order valence-corrected chi connectivity index (χ0v) is 16.1. The molecule has 0 radical (unpaired) electrons. The van der Waals surface area contributed by atoms with E-state index in [2.05, 4.69) is 42.4 Å². The molecule has 0 aliphatic carbocycles. The molecule has 0 N–H and O–H groups in total. The van der Waals surface area contributed by atoms with Gasteiger partial charge >= 0.3 is 0 Å². The molecule has 3 rings (SSSR count). The Morgan fingerprint density at radius 2 is 2.00 bits per heavy atom. The number of likely N-dealkylation sites (tertiary alicyclic amines) is 1. The maximum Gasteiger partial charge on any atom is 0.235 e. The van der Waals surface area contributed by atoms with Gasteiger partial charge < -0.3 is 4.90 Å². The number of hydrogen-bond donors (Lipinski definition) is 0. The van der Waals surface area contributed by atoms with Crippen molar-refractivity contribution in [3.8, 4) is 5.69 Å². The zero-order chi connectivity index (χ0) is 18.0. The van der Waals surface area contributed by atoms with Gasteiger partial charge in [-0.1, -0.05) is 30.8 Å². The fourth-order valence-corrected chi connectivity index (χ4v) is 3.95. The topological polar surface area (TPSA) is 63.9 Å². The van der Waals surface area contributed by atoms with Crippen LogP contribution in [0.15, 0.2) is 23.4 Å². The summed E-state index contributed by atoms with van der Waals surface area (Å²) in [5.41, 5.74) is 3.29. The number of piperidine rings is 1. The maximum atomic E-state index is 12.7. The Bertz CT molecular complexity index is 752. The van der Waals surface area contributed by atoms with Crippen LogP contribution in [0.4, 0.5) is 0 Å². The molecule has 2 heterocycles. The fourth-order valence-electron chi connectivity index (χ4n) is 3.06. The number of rotatable bonds is 4. The second-order valence-electron chi connectivity index (χ2n) is 6.86. The highest BCUT2D eigenvalue weighted by Crippen LogP contribution is 2.27. The summed E-state index contributed by atoms with van der Waals surface area (Å²) in [4.78, 5) is 14.7. The van der Waals surface area contributed by atoms with Gasteiger partial charge in [-0.15, -0.1) is 5.10 Å². The summed E-state index contributed by atoms with van der Waals surface area (Å²) in [5, 5.41) is 12.5. The van der Waals surface area contributed by atoms with Crippen LogP contribution in [0.2, 0.25) is 0 Å². The van der Waals surface area contributed by atoms with Crippen LogP contribution in [0.25, 0.3) is 5.69 Å². The van der Waals surface area contributed by atoms with Crippen LogP contribution >= 0.6 is 11.8 Å². The molecular formula is C18H25N5OS. The molecule has 134 valence electrons. The summed E-state index contributed by atoms with van der Waals surface area (Å²) in [6, 6.07) is 6.07. The minimum Gasteiger partial charge on any atom is -0.342 e. The highest BCUT2D eigenvalue weighted by atomic mass is 32.2. The molecule has 1 aromatic heterocycles. The van der Waals surface area contributed by atoms with Gasteiger partial charge in [-0.25, -0.2) is 0 Å². The van der Waals surface area contributed by atoms with Crippen LogP contribution in [-0.4, -0.2) is 49.4 Å². The number of carbonyl (C=O) groups is 1. The Morgan fingerprint density at radius 1 is 1.28 bits per heavy atom. The predicted molar refractivity (Wildman–Crippen MR) is 98.9 cm³/mol. The van der Waals surface area contributed by atoms with Crippen molar-refractivity contribution in [2.75, 3.05) is 13.1 Å². The van der Waals surface area contributed by atoms with Crippen molar-refractivity contribution in [1.82, 2.24) is 25.1 Å². The van der Waals surface area contributed by atoms with E-state index in [1.807, 2.05) is 24.0 Å². The summed E-state index contributed by atoms with van der Waals surface area (Å²) in [6.45, 7) is 10.0. The van der Waals surface area contributed by atoms with E-state index < -0.39 is 0 Å². The Balaban J connectivity index is 1.75. The number of hydrogen-bond acceptors (Lipinski definition) is 5. The van der Waals surface area contributed by atoms with Crippen LogP contribution in [0, 0.1) is 19.8 Å². The van der Waals surface area contributed by atoms with Gasteiger partial charge in [0, 0.05) is 13.1 Å². The maximum absolute atomic E-state index is 12.7. The van der Waals surface area contributed by atoms with Gasteiger partial charge in [0.1, 0.15) is 0 Å². The van der Waals surface area contributed by atoms with Crippen LogP contribution in [0.1, 0.15) is 37.8 Å². The molecule has 1 aliphatic rings. The van der Waals surface area contributed by atoms with Gasteiger partial charge in [0.2, 0.25) is 11.1 Å². The lowest BCUT2D eigenvalue weighted by Crippen LogP contribution is -2.41. The van der Waals surface area contributed by atoms with Gasteiger partial charge in [-0.3, -0.25) is 4.79 Å². The summed E-state index contributed by atoms with van der Waals surface area (Å²) < 4.78 is 1.73. The highest BCUT2D eigenvalue weighted by molar-refractivity contribution is 8.00. The first kappa shape index (κ1) is 17.9. The number of thioether (sulfide) groups is 1. The molecule has 0 spiro atoms. The molecule has 1 fully saturated rings. The van der Waals surface area contributed by atoms with Gasteiger partial charge in [-0.05, 0) is 67.2 Å². The van der Waals surface area contributed by atoms with Crippen LogP contribution < -0.4 is 0 Å². The van der Waals surface area contributed by atoms with Crippen molar-refractivity contribution in [3.63, 3.8) is 0 Å². The second kappa shape index (κ2) is 7.56. The van der Waals surface area contributed by atoms with E-state index in [0.717, 1.165) is 37.2 Å². The average Bonchev–Trinajstić information content (AvgIpc) is 3.05. The molecule has 25 heavy (non-hydrogen) atoms. The first-order valence-electron chi connectivity index (χ1n) is 8.77. The largest absolute Gasteiger partial charge is 0.342 e. The molecule has 1 atom stereocenters. The predicted octanol–water partition coefficient (Wildman–Crippen LogP) is 3.02. The summed E-state index contributed by atoms with van der Waals surface area (Å²) in [7, 11) is 0. The molecule has 1 aromatic carbocycles. The normalized spacial score (nSPS) is 16.9. The highest BCUT2D eigenvalue weighted by Gasteiger charge is 2.26. The number of carbonyl (C=O) groups excluding carboxylic acids is 1. The summed E-state index contributed by atoms with van der Waals surface area (Å²) in [6.07, 6.45) is 2.17. The third-order valence-corrected chi connectivity index (χ3v) is 5.99. The summed E-state index contributed by atoms with van der Waals surface area (Å²) >= 11 is 1.42. The number of benzene rings is 1. The van der Waals surface area contributed by atoms with Crippen LogP contribution in [0.5, 0.6) is 0 Å². The lowest BCUT2D eigenvalue weighted by atomic mass is 9.99. The van der Waals surface area contributed by atoms with E-state index in [1.54, 1.807) is 4.68 Å². The van der Waals surface area contributed by atoms with E-state index in [-0.39, 0.29) is 11.2 Å². The monoisotopic (exact) mass is 359 g/mol. The molecule has 0 bridgehead atoms. The van der Waals surface area contributed by atoms with Crippen LogP contribution in [0.3, 0.4) is 0 Å². The molecule has 1 aliphatic heterocycles. The first-order valence-corrected chi connectivity index (χ1v) is 9.65. The van der Waals surface area contributed by atoms with Gasteiger partial charge in [-0.2, -0.15) is 4.68 Å². The Kier molecular flexibility index (Phi) is 5.42. The van der Waals surface area contributed by atoms with Gasteiger partial charge in [0.15, 0.2) is 0 Å². The third-order valence-electron chi connectivity index (χ3n) is 4.97. The number of amides is 1. The minimum atomic E-state index is -0.205. The molecule has 1 unspecified atom stereocenters. The van der Waals surface area contributed by atoms with Crippen molar-refractivity contribution >= 4 is 17.7 Å². The van der Waals surface area contributed by atoms with Crippen molar-refractivity contribution < 1.29 is 4.79 Å². The van der Waals surface area contributed by atoms with Crippen molar-refractivity contribution in [1.29, 1.82) is 0 Å². The molecule has 7 heteroatoms. The molecule has 1 saturated heterocycles.